The molecule has 0 bridgehead atoms. The molecule has 5 nitrogen and oxygen atoms in total. The number of nitrogens with zero attached hydrogens (tertiary/aromatic N) is 3. The van der Waals surface area contributed by atoms with Crippen molar-refractivity contribution in [3.05, 3.63) is 54.1 Å². The maximum absolute atomic E-state index is 12.9. The Kier molecular flexibility index (Phi) is 4.70. The van der Waals surface area contributed by atoms with Gasteiger partial charge in [0.2, 0.25) is 0 Å². The lowest BCUT2D eigenvalue weighted by molar-refractivity contribution is 0.177. The summed E-state index contributed by atoms with van der Waals surface area (Å²) in [7, 11) is 0. The average Bonchev–Trinajstić information content (AvgIpc) is 3.25. The van der Waals surface area contributed by atoms with Gasteiger partial charge in [0, 0.05) is 49.4 Å². The Morgan fingerprint density at radius 3 is 2.88 bits per heavy atom. The predicted octanol–water partition coefficient (Wildman–Crippen LogP) is 3.74. The van der Waals surface area contributed by atoms with E-state index in [1.165, 1.54) is 5.56 Å². The van der Waals surface area contributed by atoms with Gasteiger partial charge in [0.15, 0.2) is 0 Å². The quantitative estimate of drug-likeness (QED) is 0.915. The minimum absolute atomic E-state index is 0.0621. The first-order valence-corrected chi connectivity index (χ1v) is 9.77. The first kappa shape index (κ1) is 17.1. The highest BCUT2D eigenvalue weighted by Crippen LogP contribution is 2.37. The molecule has 2 amide bonds. The Bertz CT molecular complexity index is 756. The number of fused-ring (bicyclic) bond motifs is 1. The van der Waals surface area contributed by atoms with Crippen molar-refractivity contribution in [3.63, 3.8) is 0 Å². The Morgan fingerprint density at radius 2 is 2.08 bits per heavy atom. The predicted molar refractivity (Wildman–Crippen MR) is 102 cm³/mol. The van der Waals surface area contributed by atoms with E-state index in [0.29, 0.717) is 18.4 Å². The number of amides is 2. The summed E-state index contributed by atoms with van der Waals surface area (Å²) < 4.78 is 2.22. The lowest BCUT2D eigenvalue weighted by Gasteiger charge is -2.30. The molecule has 0 saturated carbocycles. The SMILES string of the molecule is CC1CC(c2ccccc2)C(C)N1C(=O)NCC1CCCn2ccnc21. The lowest BCUT2D eigenvalue weighted by atomic mass is 9.92. The fourth-order valence-corrected chi connectivity index (χ4v) is 4.78. The molecular weight excluding hydrogens is 324 g/mol. The highest BCUT2D eigenvalue weighted by atomic mass is 16.2. The minimum atomic E-state index is 0.0621. The van der Waals surface area contributed by atoms with Crippen LogP contribution in [-0.4, -0.2) is 39.1 Å². The van der Waals surface area contributed by atoms with Gasteiger partial charge in [-0.15, -0.1) is 0 Å². The van der Waals surface area contributed by atoms with Gasteiger partial charge in [-0.25, -0.2) is 9.78 Å². The molecule has 0 aliphatic carbocycles. The van der Waals surface area contributed by atoms with Crippen LogP contribution in [0.25, 0.3) is 0 Å². The van der Waals surface area contributed by atoms with Gasteiger partial charge < -0.3 is 14.8 Å². The van der Waals surface area contributed by atoms with E-state index in [-0.39, 0.29) is 18.1 Å². The molecule has 4 rings (SSSR count). The molecule has 2 aromatic rings. The van der Waals surface area contributed by atoms with Crippen molar-refractivity contribution in [2.24, 2.45) is 0 Å². The maximum atomic E-state index is 12.9. The number of benzene rings is 1. The van der Waals surface area contributed by atoms with Crippen molar-refractivity contribution in [1.82, 2.24) is 19.8 Å². The molecule has 2 aliphatic rings. The topological polar surface area (TPSA) is 50.2 Å². The van der Waals surface area contributed by atoms with Crippen LogP contribution in [0.1, 0.15) is 56.3 Å². The zero-order valence-electron chi connectivity index (χ0n) is 15.6. The van der Waals surface area contributed by atoms with Crippen molar-refractivity contribution in [3.8, 4) is 0 Å². The summed E-state index contributed by atoms with van der Waals surface area (Å²) >= 11 is 0. The molecule has 26 heavy (non-hydrogen) atoms. The third-order valence-electron chi connectivity index (χ3n) is 6.12. The number of aryl methyl sites for hydroxylation is 1. The second kappa shape index (κ2) is 7.14. The molecule has 0 radical (unpaired) electrons. The van der Waals surface area contributed by atoms with E-state index in [2.05, 4.69) is 53.0 Å². The largest absolute Gasteiger partial charge is 0.337 e. The smallest absolute Gasteiger partial charge is 0.317 e. The summed E-state index contributed by atoms with van der Waals surface area (Å²) in [4.78, 5) is 19.5. The molecule has 1 saturated heterocycles. The van der Waals surface area contributed by atoms with E-state index in [1.807, 2.05) is 23.4 Å². The monoisotopic (exact) mass is 352 g/mol. The molecule has 4 atom stereocenters. The van der Waals surface area contributed by atoms with Crippen LogP contribution in [0.2, 0.25) is 0 Å². The number of carbonyl (C=O) groups excluding carboxylic acids is 1. The molecule has 1 N–H and O–H groups in total. The second-order valence-electron chi connectivity index (χ2n) is 7.75. The molecule has 2 aliphatic heterocycles. The number of urea groups is 1. The van der Waals surface area contributed by atoms with Gasteiger partial charge in [-0.3, -0.25) is 0 Å². The van der Waals surface area contributed by atoms with Crippen molar-refractivity contribution in [2.45, 2.75) is 63.6 Å². The number of imidazole rings is 1. The number of carbonyl (C=O) groups is 1. The van der Waals surface area contributed by atoms with E-state index < -0.39 is 0 Å². The number of nitrogens with one attached hydrogen (secondary N) is 1. The van der Waals surface area contributed by atoms with Crippen molar-refractivity contribution >= 4 is 6.03 Å². The molecule has 5 heteroatoms. The van der Waals surface area contributed by atoms with Gasteiger partial charge in [0.1, 0.15) is 5.82 Å². The molecular formula is C21H28N4O. The fourth-order valence-electron chi connectivity index (χ4n) is 4.78. The van der Waals surface area contributed by atoms with Crippen LogP contribution in [0.5, 0.6) is 0 Å². The van der Waals surface area contributed by atoms with Crippen molar-refractivity contribution in [1.29, 1.82) is 0 Å². The fraction of sp³-hybridized carbons (Fsp3) is 0.524. The Morgan fingerprint density at radius 1 is 1.27 bits per heavy atom. The summed E-state index contributed by atoms with van der Waals surface area (Å²) in [6.45, 7) is 6.04. The molecule has 0 spiro atoms. The van der Waals surface area contributed by atoms with Gasteiger partial charge >= 0.3 is 6.03 Å². The van der Waals surface area contributed by atoms with Gasteiger partial charge in [0.05, 0.1) is 0 Å². The van der Waals surface area contributed by atoms with E-state index >= 15 is 0 Å². The first-order valence-electron chi connectivity index (χ1n) is 9.77. The summed E-state index contributed by atoms with van der Waals surface area (Å²) in [5.41, 5.74) is 1.33. The number of likely N-dealkylation sites (tertiary alicyclic amines) is 1. The Hall–Kier alpha value is -2.30. The molecule has 1 fully saturated rings. The van der Waals surface area contributed by atoms with Crippen LogP contribution in [0.4, 0.5) is 4.79 Å². The molecule has 1 aromatic heterocycles. The lowest BCUT2D eigenvalue weighted by Crippen LogP contribution is -2.47. The van der Waals surface area contributed by atoms with E-state index in [9.17, 15) is 4.79 Å². The molecule has 138 valence electrons. The van der Waals surface area contributed by atoms with Crippen LogP contribution < -0.4 is 5.32 Å². The van der Waals surface area contributed by atoms with Crippen LogP contribution in [-0.2, 0) is 6.54 Å². The average molecular weight is 352 g/mol. The van der Waals surface area contributed by atoms with E-state index in [1.54, 1.807) is 0 Å². The second-order valence-corrected chi connectivity index (χ2v) is 7.75. The third kappa shape index (κ3) is 3.11. The zero-order chi connectivity index (χ0) is 18.1. The third-order valence-corrected chi connectivity index (χ3v) is 6.12. The van der Waals surface area contributed by atoms with E-state index in [0.717, 1.165) is 31.6 Å². The minimum Gasteiger partial charge on any atom is -0.337 e. The van der Waals surface area contributed by atoms with Gasteiger partial charge in [-0.05, 0) is 38.7 Å². The molecule has 3 heterocycles. The van der Waals surface area contributed by atoms with Crippen LogP contribution in [0.15, 0.2) is 42.7 Å². The van der Waals surface area contributed by atoms with Crippen LogP contribution >= 0.6 is 0 Å². The first-order chi connectivity index (χ1) is 12.6. The summed E-state index contributed by atoms with van der Waals surface area (Å²) in [5, 5.41) is 3.19. The van der Waals surface area contributed by atoms with Crippen molar-refractivity contribution in [2.75, 3.05) is 6.54 Å². The summed E-state index contributed by atoms with van der Waals surface area (Å²) in [6, 6.07) is 11.1. The van der Waals surface area contributed by atoms with Crippen molar-refractivity contribution < 1.29 is 4.79 Å². The van der Waals surface area contributed by atoms with E-state index in [4.69, 9.17) is 0 Å². The normalized spacial score (nSPS) is 28.0. The number of rotatable bonds is 3. The highest BCUT2D eigenvalue weighted by Gasteiger charge is 2.39. The summed E-state index contributed by atoms with van der Waals surface area (Å²) in [6.07, 6.45) is 7.17. The molecule has 4 unspecified atom stereocenters. The Labute approximate surface area is 155 Å². The van der Waals surface area contributed by atoms with Gasteiger partial charge in [-0.2, -0.15) is 0 Å². The number of aromatic nitrogens is 2. The number of hydrogen-bond acceptors (Lipinski definition) is 2. The standard InChI is InChI=1S/C21H28N4O/c1-15-13-19(17-7-4-3-5-8-17)16(2)25(15)21(26)23-14-18-9-6-11-24-12-10-22-20(18)24/h3-5,7-8,10,12,15-16,18-19H,6,9,11,13-14H2,1-2H3,(H,23,26). The van der Waals surface area contributed by atoms with Crippen LogP contribution in [0.3, 0.4) is 0 Å². The zero-order valence-corrected chi connectivity index (χ0v) is 15.6. The highest BCUT2D eigenvalue weighted by molar-refractivity contribution is 5.75. The van der Waals surface area contributed by atoms with Crippen LogP contribution in [0, 0.1) is 0 Å². The Balaban J connectivity index is 1.41. The van der Waals surface area contributed by atoms with Gasteiger partial charge in [0.25, 0.3) is 0 Å². The summed E-state index contributed by atoms with van der Waals surface area (Å²) in [5.74, 6) is 1.84. The maximum Gasteiger partial charge on any atom is 0.317 e. The molecule has 1 aromatic carbocycles. The number of hydrogen-bond donors (Lipinski definition) is 1. The van der Waals surface area contributed by atoms with Gasteiger partial charge in [-0.1, -0.05) is 30.3 Å².